The second-order valence-corrected chi connectivity index (χ2v) is 4.85. The molecule has 5 nitrogen and oxygen atoms in total. The molecular weight excluding hydrogens is 276 g/mol. The Morgan fingerprint density at radius 2 is 2.00 bits per heavy atom. The maximum absolute atomic E-state index is 6.13. The van der Waals surface area contributed by atoms with Crippen molar-refractivity contribution in [2.75, 3.05) is 7.11 Å². The molecule has 102 valence electrons. The molecule has 6 heteroatoms. The SMILES string of the molecule is COc1cccc(-c2nnc3c(Cl)nc(C)c(C)n23)c1. The van der Waals surface area contributed by atoms with Crippen LogP contribution in [0, 0.1) is 13.8 Å². The lowest BCUT2D eigenvalue weighted by Gasteiger charge is -2.08. The van der Waals surface area contributed by atoms with Crippen molar-refractivity contribution in [1.82, 2.24) is 19.6 Å². The van der Waals surface area contributed by atoms with Gasteiger partial charge in [-0.25, -0.2) is 4.98 Å². The Kier molecular flexibility index (Phi) is 3.06. The summed E-state index contributed by atoms with van der Waals surface area (Å²) in [5.74, 6) is 1.50. The molecule has 1 aromatic carbocycles. The number of hydrogen-bond acceptors (Lipinski definition) is 4. The molecule has 0 unspecified atom stereocenters. The summed E-state index contributed by atoms with van der Waals surface area (Å²) < 4.78 is 7.16. The molecule has 0 N–H and O–H groups in total. The zero-order valence-electron chi connectivity index (χ0n) is 11.4. The molecule has 0 spiro atoms. The fraction of sp³-hybridized carbons (Fsp3) is 0.214. The Morgan fingerprint density at radius 3 is 2.75 bits per heavy atom. The lowest BCUT2D eigenvalue weighted by Crippen LogP contribution is -2.01. The van der Waals surface area contributed by atoms with E-state index in [2.05, 4.69) is 15.2 Å². The monoisotopic (exact) mass is 288 g/mol. The summed E-state index contributed by atoms with van der Waals surface area (Å²) in [6, 6.07) is 7.68. The number of benzene rings is 1. The smallest absolute Gasteiger partial charge is 0.199 e. The zero-order valence-corrected chi connectivity index (χ0v) is 12.1. The molecule has 0 saturated heterocycles. The van der Waals surface area contributed by atoms with Crippen LogP contribution in [0.2, 0.25) is 5.15 Å². The van der Waals surface area contributed by atoms with Crippen molar-refractivity contribution in [2.45, 2.75) is 13.8 Å². The summed E-state index contributed by atoms with van der Waals surface area (Å²) in [6.07, 6.45) is 0. The van der Waals surface area contributed by atoms with Gasteiger partial charge in [0.05, 0.1) is 12.8 Å². The number of halogens is 1. The van der Waals surface area contributed by atoms with Gasteiger partial charge < -0.3 is 4.74 Å². The Bertz CT molecular complexity index is 797. The molecule has 0 aliphatic heterocycles. The van der Waals surface area contributed by atoms with Gasteiger partial charge in [0.2, 0.25) is 0 Å². The van der Waals surface area contributed by atoms with E-state index < -0.39 is 0 Å². The second-order valence-electron chi connectivity index (χ2n) is 4.49. The first-order valence-electron chi connectivity index (χ1n) is 6.14. The van der Waals surface area contributed by atoms with Crippen LogP contribution in [-0.4, -0.2) is 26.7 Å². The molecule has 20 heavy (non-hydrogen) atoms. The summed E-state index contributed by atoms with van der Waals surface area (Å²) in [5, 5.41) is 8.72. The van der Waals surface area contributed by atoms with Crippen LogP contribution < -0.4 is 4.74 Å². The van der Waals surface area contributed by atoms with Crippen LogP contribution >= 0.6 is 11.6 Å². The van der Waals surface area contributed by atoms with Gasteiger partial charge >= 0.3 is 0 Å². The van der Waals surface area contributed by atoms with E-state index in [-0.39, 0.29) is 0 Å². The average molecular weight is 289 g/mol. The van der Waals surface area contributed by atoms with Crippen LogP contribution in [0.25, 0.3) is 17.0 Å². The number of rotatable bonds is 2. The zero-order chi connectivity index (χ0) is 14.3. The van der Waals surface area contributed by atoms with Gasteiger partial charge in [0.15, 0.2) is 16.6 Å². The van der Waals surface area contributed by atoms with Gasteiger partial charge in [-0.2, -0.15) is 0 Å². The van der Waals surface area contributed by atoms with Gasteiger partial charge in [-0.05, 0) is 26.0 Å². The normalized spacial score (nSPS) is 11.0. The van der Waals surface area contributed by atoms with Gasteiger partial charge in [-0.3, -0.25) is 4.40 Å². The molecule has 3 rings (SSSR count). The standard InChI is InChI=1S/C14H13ClN4O/c1-8-9(2)19-13(17-18-14(19)12(15)16-8)10-5-4-6-11(7-10)20-3/h4-7H,1-3H3. The third-order valence-corrected chi connectivity index (χ3v) is 3.55. The minimum atomic E-state index is 0.356. The van der Waals surface area contributed by atoms with E-state index in [0.29, 0.717) is 10.8 Å². The topological polar surface area (TPSA) is 52.3 Å². The quantitative estimate of drug-likeness (QED) is 0.727. The van der Waals surface area contributed by atoms with Crippen molar-refractivity contribution in [3.8, 4) is 17.1 Å². The molecular formula is C14H13ClN4O. The number of ether oxygens (including phenoxy) is 1. The maximum atomic E-state index is 6.13. The highest BCUT2D eigenvalue weighted by atomic mass is 35.5. The minimum Gasteiger partial charge on any atom is -0.497 e. The summed E-state index contributed by atoms with van der Waals surface area (Å²) in [6.45, 7) is 3.88. The molecule has 0 aliphatic carbocycles. The number of hydrogen-bond donors (Lipinski definition) is 0. The van der Waals surface area contributed by atoms with E-state index in [1.54, 1.807) is 7.11 Å². The molecule has 0 bridgehead atoms. The minimum absolute atomic E-state index is 0.356. The number of methoxy groups -OCH3 is 1. The Morgan fingerprint density at radius 1 is 1.20 bits per heavy atom. The van der Waals surface area contributed by atoms with Crippen molar-refractivity contribution in [1.29, 1.82) is 0 Å². The third kappa shape index (κ3) is 1.91. The Balaban J connectivity index is 2.31. The van der Waals surface area contributed by atoms with Crippen LogP contribution in [-0.2, 0) is 0 Å². The first kappa shape index (κ1) is 12.9. The van der Waals surface area contributed by atoms with Crippen molar-refractivity contribution in [2.24, 2.45) is 0 Å². The molecule has 0 fully saturated rings. The fourth-order valence-corrected chi connectivity index (χ4v) is 2.37. The number of aromatic nitrogens is 4. The first-order chi connectivity index (χ1) is 9.61. The predicted molar refractivity (Wildman–Crippen MR) is 77.3 cm³/mol. The summed E-state index contributed by atoms with van der Waals surface area (Å²) in [4.78, 5) is 4.26. The largest absolute Gasteiger partial charge is 0.497 e. The molecule has 3 aromatic rings. The molecule has 0 saturated carbocycles. The fourth-order valence-electron chi connectivity index (χ4n) is 2.12. The highest BCUT2D eigenvalue weighted by molar-refractivity contribution is 6.32. The van der Waals surface area contributed by atoms with Crippen molar-refractivity contribution >= 4 is 17.2 Å². The predicted octanol–water partition coefficient (Wildman–Crippen LogP) is 3.07. The van der Waals surface area contributed by atoms with Gasteiger partial charge in [0, 0.05) is 11.3 Å². The van der Waals surface area contributed by atoms with Crippen LogP contribution in [0.1, 0.15) is 11.4 Å². The second kappa shape index (κ2) is 4.76. The first-order valence-corrected chi connectivity index (χ1v) is 6.52. The maximum Gasteiger partial charge on any atom is 0.199 e. The van der Waals surface area contributed by atoms with Crippen molar-refractivity contribution in [3.05, 3.63) is 40.8 Å². The lowest BCUT2D eigenvalue weighted by atomic mass is 10.2. The van der Waals surface area contributed by atoms with Crippen LogP contribution in [0.4, 0.5) is 0 Å². The van der Waals surface area contributed by atoms with Gasteiger partial charge in [-0.15, -0.1) is 10.2 Å². The van der Waals surface area contributed by atoms with Gasteiger partial charge in [0.25, 0.3) is 0 Å². The number of nitrogens with zero attached hydrogens (tertiary/aromatic N) is 4. The summed E-state index contributed by atoms with van der Waals surface area (Å²) >= 11 is 6.13. The van der Waals surface area contributed by atoms with E-state index >= 15 is 0 Å². The van der Waals surface area contributed by atoms with Gasteiger partial charge in [0.1, 0.15) is 5.75 Å². The molecule has 0 aliphatic rings. The molecule has 0 amide bonds. The van der Waals surface area contributed by atoms with Crippen molar-refractivity contribution < 1.29 is 4.74 Å². The summed E-state index contributed by atoms with van der Waals surface area (Å²) in [5.41, 5.74) is 3.30. The van der Waals surface area contributed by atoms with Crippen molar-refractivity contribution in [3.63, 3.8) is 0 Å². The molecule has 2 heterocycles. The molecule has 0 radical (unpaired) electrons. The van der Waals surface area contributed by atoms with E-state index in [0.717, 1.165) is 28.5 Å². The van der Waals surface area contributed by atoms with Crippen LogP contribution in [0.5, 0.6) is 5.75 Å². The number of fused-ring (bicyclic) bond motifs is 1. The van der Waals surface area contributed by atoms with E-state index in [1.165, 1.54) is 0 Å². The highest BCUT2D eigenvalue weighted by Crippen LogP contribution is 2.26. The van der Waals surface area contributed by atoms with E-state index in [4.69, 9.17) is 16.3 Å². The van der Waals surface area contributed by atoms with Crippen LogP contribution in [0.15, 0.2) is 24.3 Å². The van der Waals surface area contributed by atoms with E-state index in [9.17, 15) is 0 Å². The Hall–Kier alpha value is -2.14. The van der Waals surface area contributed by atoms with E-state index in [1.807, 2.05) is 42.5 Å². The average Bonchev–Trinajstić information content (AvgIpc) is 2.90. The molecule has 2 aromatic heterocycles. The third-order valence-electron chi connectivity index (χ3n) is 3.30. The Labute approximate surface area is 121 Å². The van der Waals surface area contributed by atoms with Gasteiger partial charge in [-0.1, -0.05) is 23.7 Å². The van der Waals surface area contributed by atoms with Crippen LogP contribution in [0.3, 0.4) is 0 Å². The molecule has 0 atom stereocenters. The highest BCUT2D eigenvalue weighted by Gasteiger charge is 2.15. The lowest BCUT2D eigenvalue weighted by molar-refractivity contribution is 0.415. The number of aryl methyl sites for hydroxylation is 2. The summed E-state index contributed by atoms with van der Waals surface area (Å²) in [7, 11) is 1.64.